The Morgan fingerprint density at radius 3 is 2.35 bits per heavy atom. The summed E-state index contributed by atoms with van der Waals surface area (Å²) in [7, 11) is 0. The Hall–Kier alpha value is -1.44. The largest absolute Gasteiger partial charge is 0.448 e. The number of rotatable bonds is 5. The van der Waals surface area contributed by atoms with Gasteiger partial charge in [-0.15, -0.1) is 0 Å². The van der Waals surface area contributed by atoms with Crippen LogP contribution in [-0.4, -0.2) is 5.79 Å². The predicted octanol–water partition coefficient (Wildman–Crippen LogP) is 4.40. The van der Waals surface area contributed by atoms with Crippen molar-refractivity contribution in [2.75, 3.05) is 0 Å². The van der Waals surface area contributed by atoms with Crippen molar-refractivity contribution in [1.82, 2.24) is 0 Å². The Balaban J connectivity index is 2.25. The van der Waals surface area contributed by atoms with Crippen LogP contribution in [0.2, 0.25) is 0 Å². The van der Waals surface area contributed by atoms with Crippen LogP contribution in [0.3, 0.4) is 0 Å². The average Bonchev–Trinajstić information content (AvgIpc) is 2.66. The van der Waals surface area contributed by atoms with Gasteiger partial charge in [-0.2, -0.15) is 0 Å². The summed E-state index contributed by atoms with van der Waals surface area (Å²) in [6, 6.07) is 5.97. The lowest BCUT2D eigenvalue weighted by molar-refractivity contribution is -0.0926. The maximum absolute atomic E-state index is 6.05. The number of hydrogen-bond acceptors (Lipinski definition) is 2. The van der Waals surface area contributed by atoms with Crippen LogP contribution in [0.1, 0.15) is 45.1 Å². The maximum atomic E-state index is 6.05. The van der Waals surface area contributed by atoms with E-state index < -0.39 is 5.79 Å². The Bertz CT molecular complexity index is 403. The molecule has 0 saturated carbocycles. The van der Waals surface area contributed by atoms with E-state index in [-0.39, 0.29) is 0 Å². The summed E-state index contributed by atoms with van der Waals surface area (Å²) < 4.78 is 12.1. The first kappa shape index (κ1) is 12.0. The van der Waals surface area contributed by atoms with Crippen LogP contribution in [0, 0.1) is 0 Å². The molecule has 0 bridgehead atoms. The molecule has 0 radical (unpaired) electrons. The number of fused-ring (bicyclic) bond motifs is 1. The van der Waals surface area contributed by atoms with E-state index in [4.69, 9.17) is 9.47 Å². The molecule has 0 amide bonds. The number of ether oxygens (including phenoxy) is 2. The van der Waals surface area contributed by atoms with Gasteiger partial charge in [0.05, 0.1) is 0 Å². The van der Waals surface area contributed by atoms with Gasteiger partial charge < -0.3 is 9.47 Å². The summed E-state index contributed by atoms with van der Waals surface area (Å²) in [5.74, 6) is 1.27. The Morgan fingerprint density at radius 2 is 1.76 bits per heavy atom. The summed E-state index contributed by atoms with van der Waals surface area (Å²) in [4.78, 5) is 0. The minimum Gasteiger partial charge on any atom is -0.448 e. The molecule has 1 heterocycles. The molecular formula is C15H20O2. The number of benzene rings is 1. The van der Waals surface area contributed by atoms with E-state index in [1.807, 2.05) is 24.3 Å². The lowest BCUT2D eigenvalue weighted by Gasteiger charge is -2.26. The molecule has 0 aromatic heterocycles. The third-order valence-electron chi connectivity index (χ3n) is 3.06. The quantitative estimate of drug-likeness (QED) is 0.749. The second-order valence-electron chi connectivity index (χ2n) is 4.53. The molecule has 1 aliphatic heterocycles. The van der Waals surface area contributed by atoms with Crippen molar-refractivity contribution < 1.29 is 9.47 Å². The molecule has 2 rings (SSSR count). The molecule has 1 aromatic carbocycles. The van der Waals surface area contributed by atoms with Gasteiger partial charge in [0.2, 0.25) is 0 Å². The van der Waals surface area contributed by atoms with E-state index in [2.05, 4.69) is 20.4 Å². The molecule has 0 N–H and O–H groups in total. The Kier molecular flexibility index (Phi) is 3.41. The van der Waals surface area contributed by atoms with Crippen LogP contribution in [0.5, 0.6) is 11.5 Å². The fraction of sp³-hybridized carbons (Fsp3) is 0.467. The molecule has 1 aromatic rings. The third kappa shape index (κ3) is 2.31. The van der Waals surface area contributed by atoms with Crippen LogP contribution in [0.4, 0.5) is 0 Å². The molecular weight excluding hydrogens is 212 g/mol. The first-order chi connectivity index (χ1) is 8.23. The molecule has 92 valence electrons. The monoisotopic (exact) mass is 232 g/mol. The lowest BCUT2D eigenvalue weighted by Crippen LogP contribution is -2.38. The molecule has 0 unspecified atom stereocenters. The Morgan fingerprint density at radius 1 is 1.12 bits per heavy atom. The molecule has 1 aliphatic rings. The van der Waals surface area contributed by atoms with E-state index in [1.165, 1.54) is 0 Å². The molecule has 0 aliphatic carbocycles. The van der Waals surface area contributed by atoms with Gasteiger partial charge in [-0.25, -0.2) is 0 Å². The zero-order valence-corrected chi connectivity index (χ0v) is 10.7. The first-order valence-corrected chi connectivity index (χ1v) is 6.37. The van der Waals surface area contributed by atoms with Crippen LogP contribution in [0.25, 0.3) is 6.08 Å². The third-order valence-corrected chi connectivity index (χ3v) is 3.06. The van der Waals surface area contributed by atoms with Gasteiger partial charge in [0.15, 0.2) is 11.5 Å². The van der Waals surface area contributed by atoms with Crippen molar-refractivity contribution in [1.29, 1.82) is 0 Å². The standard InChI is InChI=1S/C15H20O2/c1-4-9-15(10-5-2)16-13-8-7-12(6-3)11-14(13)17-15/h6-8,11H,3-5,9-10H2,1-2H3. The van der Waals surface area contributed by atoms with Crippen molar-refractivity contribution in [3.63, 3.8) is 0 Å². The molecule has 0 spiro atoms. The van der Waals surface area contributed by atoms with Crippen molar-refractivity contribution in [3.05, 3.63) is 30.3 Å². The minimum absolute atomic E-state index is 0.439. The zero-order valence-electron chi connectivity index (χ0n) is 10.7. The topological polar surface area (TPSA) is 18.5 Å². The Labute approximate surface area is 103 Å². The maximum Gasteiger partial charge on any atom is 0.251 e. The molecule has 0 saturated heterocycles. The number of hydrogen-bond donors (Lipinski definition) is 0. The van der Waals surface area contributed by atoms with Crippen LogP contribution >= 0.6 is 0 Å². The fourth-order valence-corrected chi connectivity index (χ4v) is 2.33. The fourth-order valence-electron chi connectivity index (χ4n) is 2.33. The molecule has 0 atom stereocenters. The smallest absolute Gasteiger partial charge is 0.251 e. The zero-order chi connectivity index (χ0) is 12.3. The normalized spacial score (nSPS) is 15.9. The van der Waals surface area contributed by atoms with E-state index in [0.29, 0.717) is 0 Å². The van der Waals surface area contributed by atoms with Crippen molar-refractivity contribution in [2.24, 2.45) is 0 Å². The van der Waals surface area contributed by atoms with E-state index in [0.717, 1.165) is 42.7 Å². The molecule has 0 fully saturated rings. The van der Waals surface area contributed by atoms with E-state index in [9.17, 15) is 0 Å². The van der Waals surface area contributed by atoms with Crippen LogP contribution in [0.15, 0.2) is 24.8 Å². The van der Waals surface area contributed by atoms with Gasteiger partial charge in [-0.05, 0) is 30.5 Å². The highest BCUT2D eigenvalue weighted by Gasteiger charge is 2.39. The van der Waals surface area contributed by atoms with Gasteiger partial charge >= 0.3 is 0 Å². The predicted molar refractivity (Wildman–Crippen MR) is 70.3 cm³/mol. The van der Waals surface area contributed by atoms with Gasteiger partial charge in [0, 0.05) is 12.8 Å². The van der Waals surface area contributed by atoms with E-state index in [1.54, 1.807) is 0 Å². The van der Waals surface area contributed by atoms with Gasteiger partial charge in [0.25, 0.3) is 5.79 Å². The highest BCUT2D eigenvalue weighted by molar-refractivity contribution is 5.55. The summed E-state index contributed by atoms with van der Waals surface area (Å²) in [6.45, 7) is 8.08. The van der Waals surface area contributed by atoms with Gasteiger partial charge in [0.1, 0.15) is 0 Å². The van der Waals surface area contributed by atoms with Gasteiger partial charge in [-0.1, -0.05) is 32.6 Å². The minimum atomic E-state index is -0.439. The van der Waals surface area contributed by atoms with Crippen LogP contribution < -0.4 is 9.47 Å². The van der Waals surface area contributed by atoms with E-state index >= 15 is 0 Å². The second-order valence-corrected chi connectivity index (χ2v) is 4.53. The van der Waals surface area contributed by atoms with Crippen LogP contribution in [-0.2, 0) is 0 Å². The molecule has 2 heteroatoms. The summed E-state index contributed by atoms with van der Waals surface area (Å²) in [5.41, 5.74) is 1.07. The SMILES string of the molecule is C=Cc1ccc2c(c1)OC(CCC)(CCC)O2. The lowest BCUT2D eigenvalue weighted by atomic mass is 10.1. The second kappa shape index (κ2) is 4.82. The summed E-state index contributed by atoms with van der Waals surface area (Å²) >= 11 is 0. The average molecular weight is 232 g/mol. The molecule has 17 heavy (non-hydrogen) atoms. The van der Waals surface area contributed by atoms with Gasteiger partial charge in [-0.3, -0.25) is 0 Å². The van der Waals surface area contributed by atoms with Crippen molar-refractivity contribution in [2.45, 2.75) is 45.3 Å². The summed E-state index contributed by atoms with van der Waals surface area (Å²) in [5, 5.41) is 0. The van der Waals surface area contributed by atoms with Crippen molar-refractivity contribution in [3.8, 4) is 11.5 Å². The highest BCUT2D eigenvalue weighted by atomic mass is 16.7. The molecule has 2 nitrogen and oxygen atoms in total. The first-order valence-electron chi connectivity index (χ1n) is 6.37. The van der Waals surface area contributed by atoms with Crippen molar-refractivity contribution >= 4 is 6.08 Å². The summed E-state index contributed by atoms with van der Waals surface area (Å²) in [6.07, 6.45) is 5.80. The highest BCUT2D eigenvalue weighted by Crippen LogP contribution is 2.43.